The standard InChI is InChI=1S/C17H21NO3/c1-12(2)11-15(13-6-8-14(20-3)9-7-13)18-17(19)16-5-4-10-21-16/h4-10,12,15H,11H2,1-3H3,(H,18,19). The van der Waals surface area contributed by atoms with Crippen molar-refractivity contribution in [1.29, 1.82) is 0 Å². The van der Waals surface area contributed by atoms with E-state index in [0.29, 0.717) is 11.7 Å². The molecule has 1 aromatic carbocycles. The Hall–Kier alpha value is -2.23. The molecule has 112 valence electrons. The first-order valence-corrected chi connectivity index (χ1v) is 7.08. The van der Waals surface area contributed by atoms with Gasteiger partial charge in [0.2, 0.25) is 0 Å². The number of nitrogens with one attached hydrogen (secondary N) is 1. The molecule has 2 aromatic rings. The number of benzene rings is 1. The van der Waals surface area contributed by atoms with Gasteiger partial charge in [0.15, 0.2) is 5.76 Å². The number of amides is 1. The molecule has 0 spiro atoms. The zero-order valence-electron chi connectivity index (χ0n) is 12.6. The second kappa shape index (κ2) is 6.97. The molecule has 21 heavy (non-hydrogen) atoms. The van der Waals surface area contributed by atoms with Crippen LogP contribution in [0.5, 0.6) is 5.75 Å². The average molecular weight is 287 g/mol. The highest BCUT2D eigenvalue weighted by Crippen LogP contribution is 2.24. The molecule has 1 aromatic heterocycles. The van der Waals surface area contributed by atoms with E-state index < -0.39 is 0 Å². The first-order valence-electron chi connectivity index (χ1n) is 7.08. The van der Waals surface area contributed by atoms with E-state index in [9.17, 15) is 4.79 Å². The molecule has 0 saturated heterocycles. The Morgan fingerprint density at radius 3 is 2.48 bits per heavy atom. The van der Waals surface area contributed by atoms with Gasteiger partial charge in [0.25, 0.3) is 5.91 Å². The van der Waals surface area contributed by atoms with E-state index >= 15 is 0 Å². The quantitative estimate of drug-likeness (QED) is 0.879. The number of carbonyl (C=O) groups excluding carboxylic acids is 1. The van der Waals surface area contributed by atoms with Gasteiger partial charge in [-0.05, 0) is 42.2 Å². The van der Waals surface area contributed by atoms with Gasteiger partial charge in [-0.1, -0.05) is 26.0 Å². The molecule has 1 unspecified atom stereocenters. The summed E-state index contributed by atoms with van der Waals surface area (Å²) in [5.41, 5.74) is 1.06. The van der Waals surface area contributed by atoms with Gasteiger partial charge < -0.3 is 14.5 Å². The highest BCUT2D eigenvalue weighted by molar-refractivity contribution is 5.91. The van der Waals surface area contributed by atoms with Gasteiger partial charge >= 0.3 is 0 Å². The zero-order valence-corrected chi connectivity index (χ0v) is 12.6. The molecule has 0 fully saturated rings. The molecule has 1 heterocycles. The van der Waals surface area contributed by atoms with Crippen molar-refractivity contribution in [2.75, 3.05) is 7.11 Å². The van der Waals surface area contributed by atoms with Crippen LogP contribution < -0.4 is 10.1 Å². The molecule has 0 aliphatic rings. The van der Waals surface area contributed by atoms with Crippen molar-refractivity contribution in [2.45, 2.75) is 26.3 Å². The lowest BCUT2D eigenvalue weighted by Gasteiger charge is -2.21. The smallest absolute Gasteiger partial charge is 0.287 e. The van der Waals surface area contributed by atoms with Crippen LogP contribution in [0.15, 0.2) is 47.1 Å². The third-order valence-corrected chi connectivity index (χ3v) is 3.28. The van der Waals surface area contributed by atoms with Crippen molar-refractivity contribution < 1.29 is 13.9 Å². The molecule has 0 bridgehead atoms. The second-order valence-corrected chi connectivity index (χ2v) is 5.41. The molecule has 1 N–H and O–H groups in total. The Bertz CT molecular complexity index is 558. The fraction of sp³-hybridized carbons (Fsp3) is 0.353. The number of rotatable bonds is 6. The predicted molar refractivity (Wildman–Crippen MR) is 81.4 cm³/mol. The van der Waals surface area contributed by atoms with Gasteiger partial charge in [0.1, 0.15) is 5.75 Å². The number of hydrogen-bond donors (Lipinski definition) is 1. The summed E-state index contributed by atoms with van der Waals surface area (Å²) >= 11 is 0. The molecule has 1 atom stereocenters. The third-order valence-electron chi connectivity index (χ3n) is 3.28. The van der Waals surface area contributed by atoms with E-state index in [-0.39, 0.29) is 11.9 Å². The summed E-state index contributed by atoms with van der Waals surface area (Å²) in [4.78, 5) is 12.2. The number of methoxy groups -OCH3 is 1. The Labute approximate surface area is 125 Å². The first kappa shape index (κ1) is 15.2. The predicted octanol–water partition coefficient (Wildman–Crippen LogP) is 3.81. The van der Waals surface area contributed by atoms with Crippen LogP contribution in [0.2, 0.25) is 0 Å². The lowest BCUT2D eigenvalue weighted by atomic mass is 9.97. The van der Waals surface area contributed by atoms with E-state index in [1.54, 1.807) is 19.2 Å². The van der Waals surface area contributed by atoms with Gasteiger partial charge in [-0.25, -0.2) is 0 Å². The van der Waals surface area contributed by atoms with Crippen molar-refractivity contribution in [3.05, 3.63) is 54.0 Å². The van der Waals surface area contributed by atoms with Crippen LogP contribution in [-0.4, -0.2) is 13.0 Å². The number of furan rings is 1. The topological polar surface area (TPSA) is 51.5 Å². The van der Waals surface area contributed by atoms with Crippen molar-refractivity contribution in [3.63, 3.8) is 0 Å². The van der Waals surface area contributed by atoms with E-state index in [1.165, 1.54) is 6.26 Å². The summed E-state index contributed by atoms with van der Waals surface area (Å²) in [6, 6.07) is 11.1. The summed E-state index contributed by atoms with van der Waals surface area (Å²) in [7, 11) is 1.64. The van der Waals surface area contributed by atoms with Crippen molar-refractivity contribution in [1.82, 2.24) is 5.32 Å². The van der Waals surface area contributed by atoms with Crippen LogP contribution in [0.3, 0.4) is 0 Å². The fourth-order valence-corrected chi connectivity index (χ4v) is 2.22. The highest BCUT2D eigenvalue weighted by Gasteiger charge is 2.18. The maximum atomic E-state index is 12.2. The summed E-state index contributed by atoms with van der Waals surface area (Å²) < 4.78 is 10.3. The molecule has 0 aliphatic carbocycles. The minimum atomic E-state index is -0.193. The Morgan fingerprint density at radius 1 is 1.24 bits per heavy atom. The maximum Gasteiger partial charge on any atom is 0.287 e. The molecule has 1 amide bonds. The maximum absolute atomic E-state index is 12.2. The minimum absolute atomic E-state index is 0.0477. The van der Waals surface area contributed by atoms with Gasteiger partial charge in [0.05, 0.1) is 19.4 Å². The summed E-state index contributed by atoms with van der Waals surface area (Å²) in [5, 5.41) is 3.03. The zero-order chi connectivity index (χ0) is 15.2. The Balaban J connectivity index is 2.15. The molecule has 0 aliphatic heterocycles. The lowest BCUT2D eigenvalue weighted by molar-refractivity contribution is 0.0904. The molecular formula is C17H21NO3. The lowest BCUT2D eigenvalue weighted by Crippen LogP contribution is -2.29. The molecule has 4 nitrogen and oxygen atoms in total. The molecule has 2 rings (SSSR count). The van der Waals surface area contributed by atoms with E-state index in [1.807, 2.05) is 24.3 Å². The largest absolute Gasteiger partial charge is 0.497 e. The van der Waals surface area contributed by atoms with Crippen LogP contribution in [0.25, 0.3) is 0 Å². The highest BCUT2D eigenvalue weighted by atomic mass is 16.5. The second-order valence-electron chi connectivity index (χ2n) is 5.41. The van der Waals surface area contributed by atoms with E-state index in [0.717, 1.165) is 17.7 Å². The van der Waals surface area contributed by atoms with Crippen LogP contribution in [0, 0.1) is 5.92 Å². The third kappa shape index (κ3) is 4.12. The molecule has 4 heteroatoms. The average Bonchev–Trinajstić information content (AvgIpc) is 3.00. The molecule has 0 radical (unpaired) electrons. The number of ether oxygens (including phenoxy) is 1. The molecule has 0 saturated carbocycles. The summed E-state index contributed by atoms with van der Waals surface area (Å²) in [6.07, 6.45) is 2.36. The van der Waals surface area contributed by atoms with Crippen molar-refractivity contribution in [3.8, 4) is 5.75 Å². The normalized spacial score (nSPS) is 12.2. The van der Waals surface area contributed by atoms with Crippen molar-refractivity contribution in [2.24, 2.45) is 5.92 Å². The fourth-order valence-electron chi connectivity index (χ4n) is 2.22. The molecular weight excluding hydrogens is 266 g/mol. The Kier molecular flexibility index (Phi) is 5.04. The van der Waals surface area contributed by atoms with Crippen LogP contribution in [-0.2, 0) is 0 Å². The summed E-state index contributed by atoms with van der Waals surface area (Å²) in [6.45, 7) is 4.27. The number of hydrogen-bond acceptors (Lipinski definition) is 3. The summed E-state index contributed by atoms with van der Waals surface area (Å²) in [5.74, 6) is 1.41. The SMILES string of the molecule is COc1ccc(C(CC(C)C)NC(=O)c2ccco2)cc1. The number of carbonyl (C=O) groups is 1. The van der Waals surface area contributed by atoms with Gasteiger partial charge in [0, 0.05) is 0 Å². The Morgan fingerprint density at radius 2 is 1.95 bits per heavy atom. The van der Waals surface area contributed by atoms with Gasteiger partial charge in [-0.15, -0.1) is 0 Å². The van der Waals surface area contributed by atoms with Gasteiger partial charge in [-0.2, -0.15) is 0 Å². The van der Waals surface area contributed by atoms with E-state index in [4.69, 9.17) is 9.15 Å². The first-order chi connectivity index (χ1) is 10.1. The van der Waals surface area contributed by atoms with Gasteiger partial charge in [-0.3, -0.25) is 4.79 Å². The van der Waals surface area contributed by atoms with Crippen LogP contribution >= 0.6 is 0 Å². The van der Waals surface area contributed by atoms with Crippen LogP contribution in [0.4, 0.5) is 0 Å². The van der Waals surface area contributed by atoms with Crippen LogP contribution in [0.1, 0.15) is 42.4 Å². The monoisotopic (exact) mass is 287 g/mol. The van der Waals surface area contributed by atoms with E-state index in [2.05, 4.69) is 19.2 Å². The van der Waals surface area contributed by atoms with Crippen molar-refractivity contribution >= 4 is 5.91 Å². The minimum Gasteiger partial charge on any atom is -0.497 e.